The summed E-state index contributed by atoms with van der Waals surface area (Å²) < 4.78 is 0. The Morgan fingerprint density at radius 1 is 0.486 bits per heavy atom. The molecule has 0 fully saturated rings. The number of carboxylic acid groups (broad SMARTS) is 3. The van der Waals surface area contributed by atoms with Crippen molar-refractivity contribution in [2.75, 3.05) is 0 Å². The fraction of sp³-hybridized carbons (Fsp3) is 0. The molecule has 0 spiro atoms. The molecule has 3 N–H and O–H groups in total. The fourth-order valence-electron chi connectivity index (χ4n) is 4.44. The van der Waals surface area contributed by atoms with Crippen LogP contribution in [0.25, 0.3) is 33.4 Å². The van der Waals surface area contributed by atoms with Crippen LogP contribution < -0.4 is 0 Å². The van der Waals surface area contributed by atoms with Gasteiger partial charge in [-0.3, -0.25) is 4.79 Å². The van der Waals surface area contributed by atoms with Gasteiger partial charge >= 0.3 is 17.9 Å². The molecule has 0 radical (unpaired) electrons. The van der Waals surface area contributed by atoms with Crippen LogP contribution >= 0.6 is 0 Å². The molecule has 0 unspecified atom stereocenters. The lowest BCUT2D eigenvalue weighted by molar-refractivity contribution is 0.0686. The number of hydrogen-bond donors (Lipinski definition) is 3. The monoisotopic (exact) mass is 464 g/mol. The summed E-state index contributed by atoms with van der Waals surface area (Å²) in [4.78, 5) is 48.1. The Morgan fingerprint density at radius 3 is 1.66 bits per heavy atom. The number of benzene rings is 4. The van der Waals surface area contributed by atoms with E-state index in [1.54, 1.807) is 42.5 Å². The molecule has 35 heavy (non-hydrogen) atoms. The number of carbonyl (C=O) groups excluding carboxylic acids is 1. The molecule has 7 nitrogen and oxygen atoms in total. The van der Waals surface area contributed by atoms with Gasteiger partial charge in [0.2, 0.25) is 0 Å². The Balaban J connectivity index is 1.85. The summed E-state index contributed by atoms with van der Waals surface area (Å²) in [6, 6.07) is 20.2. The molecule has 1 aliphatic rings. The highest BCUT2D eigenvalue weighted by Gasteiger charge is 2.31. The van der Waals surface area contributed by atoms with Crippen molar-refractivity contribution in [2.45, 2.75) is 0 Å². The third kappa shape index (κ3) is 3.55. The van der Waals surface area contributed by atoms with Gasteiger partial charge in [0.05, 0.1) is 16.7 Å². The van der Waals surface area contributed by atoms with E-state index >= 15 is 0 Å². The van der Waals surface area contributed by atoms with Gasteiger partial charge in [0.25, 0.3) is 0 Å². The highest BCUT2D eigenvalue weighted by atomic mass is 16.4. The molecule has 0 amide bonds. The van der Waals surface area contributed by atoms with Crippen LogP contribution in [0, 0.1) is 0 Å². The first-order valence-corrected chi connectivity index (χ1v) is 10.5. The number of carbonyl (C=O) groups is 4. The minimum absolute atomic E-state index is 0.0157. The SMILES string of the molecule is O=C(O)c1ccc(-c2ccc(C(=O)O)cc2-c2cc(C(=O)O)cc3c2-c2ccccc2C3=O)cc1. The van der Waals surface area contributed by atoms with Gasteiger partial charge in [-0.2, -0.15) is 0 Å². The van der Waals surface area contributed by atoms with E-state index in [2.05, 4.69) is 0 Å². The van der Waals surface area contributed by atoms with Crippen molar-refractivity contribution in [1.29, 1.82) is 0 Å². The number of carboxylic acids is 3. The summed E-state index contributed by atoms with van der Waals surface area (Å²) in [6.45, 7) is 0. The Labute approximate surface area is 198 Å². The summed E-state index contributed by atoms with van der Waals surface area (Å²) in [5.41, 5.74) is 3.78. The molecule has 0 saturated heterocycles. The van der Waals surface area contributed by atoms with E-state index in [4.69, 9.17) is 0 Å². The molecular formula is C28H16O7. The second-order valence-electron chi connectivity index (χ2n) is 8.07. The van der Waals surface area contributed by atoms with Crippen molar-refractivity contribution in [3.8, 4) is 33.4 Å². The average molecular weight is 464 g/mol. The van der Waals surface area contributed by atoms with Crippen LogP contribution in [0.4, 0.5) is 0 Å². The fourth-order valence-corrected chi connectivity index (χ4v) is 4.44. The summed E-state index contributed by atoms with van der Waals surface area (Å²) in [7, 11) is 0. The van der Waals surface area contributed by atoms with Crippen LogP contribution in [0.3, 0.4) is 0 Å². The number of ketones is 1. The van der Waals surface area contributed by atoms with E-state index in [-0.39, 0.29) is 28.0 Å². The maximum atomic E-state index is 13.1. The molecule has 170 valence electrons. The maximum Gasteiger partial charge on any atom is 0.335 e. The van der Waals surface area contributed by atoms with Crippen molar-refractivity contribution in [3.05, 3.63) is 107 Å². The molecule has 0 aliphatic heterocycles. The van der Waals surface area contributed by atoms with Crippen LogP contribution in [-0.2, 0) is 0 Å². The number of fused-ring (bicyclic) bond motifs is 3. The van der Waals surface area contributed by atoms with Crippen molar-refractivity contribution in [2.24, 2.45) is 0 Å². The molecule has 4 aromatic carbocycles. The van der Waals surface area contributed by atoms with Crippen LogP contribution in [0.5, 0.6) is 0 Å². The van der Waals surface area contributed by atoms with E-state index in [1.807, 2.05) is 0 Å². The van der Waals surface area contributed by atoms with Gasteiger partial charge in [0.15, 0.2) is 5.78 Å². The largest absolute Gasteiger partial charge is 0.478 e. The first-order chi connectivity index (χ1) is 16.8. The van der Waals surface area contributed by atoms with E-state index < -0.39 is 17.9 Å². The predicted molar refractivity (Wildman–Crippen MR) is 127 cm³/mol. The summed E-state index contributed by atoms with van der Waals surface area (Å²) in [5.74, 6) is -3.78. The molecule has 1 aliphatic carbocycles. The van der Waals surface area contributed by atoms with Crippen LogP contribution in [-0.4, -0.2) is 39.0 Å². The van der Waals surface area contributed by atoms with Crippen LogP contribution in [0.1, 0.15) is 47.0 Å². The van der Waals surface area contributed by atoms with Gasteiger partial charge < -0.3 is 15.3 Å². The van der Waals surface area contributed by atoms with Crippen molar-refractivity contribution in [3.63, 3.8) is 0 Å². The van der Waals surface area contributed by atoms with E-state index in [1.165, 1.54) is 36.4 Å². The Kier molecular flexibility index (Phi) is 5.02. The normalized spacial score (nSPS) is 11.6. The third-order valence-electron chi connectivity index (χ3n) is 6.07. The molecule has 0 saturated carbocycles. The molecule has 7 heteroatoms. The molecule has 0 aromatic heterocycles. The Morgan fingerprint density at radius 2 is 1.03 bits per heavy atom. The molecule has 0 heterocycles. The summed E-state index contributed by atoms with van der Waals surface area (Å²) in [5, 5.41) is 28.6. The highest BCUT2D eigenvalue weighted by molar-refractivity contribution is 6.24. The number of rotatable bonds is 5. The number of aromatic carboxylic acids is 3. The lowest BCUT2D eigenvalue weighted by Crippen LogP contribution is -2.03. The molecule has 4 aromatic rings. The first-order valence-electron chi connectivity index (χ1n) is 10.5. The smallest absolute Gasteiger partial charge is 0.335 e. The lowest BCUT2D eigenvalue weighted by atomic mass is 9.86. The minimum atomic E-state index is -1.22. The quantitative estimate of drug-likeness (QED) is 0.321. The lowest BCUT2D eigenvalue weighted by Gasteiger charge is -2.16. The standard InChI is InChI=1S/C28H16O7/c29-25-20-4-2-1-3-19(20)24-22(12-17(28(34)35)13-23(24)25)21-11-16(27(32)33)9-10-18(21)14-5-7-15(8-6-14)26(30)31/h1-13H,(H,30,31)(H,32,33)(H,34,35). The van der Waals surface area contributed by atoms with Gasteiger partial charge in [-0.15, -0.1) is 0 Å². The van der Waals surface area contributed by atoms with Gasteiger partial charge in [-0.1, -0.05) is 42.5 Å². The zero-order chi connectivity index (χ0) is 24.9. The zero-order valence-electron chi connectivity index (χ0n) is 18.0. The van der Waals surface area contributed by atoms with Gasteiger partial charge in [-0.05, 0) is 64.2 Å². The third-order valence-corrected chi connectivity index (χ3v) is 6.07. The number of hydrogen-bond acceptors (Lipinski definition) is 4. The predicted octanol–water partition coefficient (Wildman–Crippen LogP) is 5.33. The van der Waals surface area contributed by atoms with E-state index in [0.29, 0.717) is 38.9 Å². The van der Waals surface area contributed by atoms with Gasteiger partial charge in [0, 0.05) is 16.7 Å². The minimum Gasteiger partial charge on any atom is -0.478 e. The second kappa shape index (κ2) is 8.07. The topological polar surface area (TPSA) is 129 Å². The van der Waals surface area contributed by atoms with Gasteiger partial charge in [0.1, 0.15) is 0 Å². The Hall–Kier alpha value is -5.04. The van der Waals surface area contributed by atoms with Crippen molar-refractivity contribution < 1.29 is 34.5 Å². The maximum absolute atomic E-state index is 13.1. The second-order valence-corrected chi connectivity index (χ2v) is 8.07. The van der Waals surface area contributed by atoms with E-state index in [0.717, 1.165) is 0 Å². The van der Waals surface area contributed by atoms with Crippen molar-refractivity contribution in [1.82, 2.24) is 0 Å². The zero-order valence-corrected chi connectivity index (χ0v) is 18.0. The van der Waals surface area contributed by atoms with Crippen LogP contribution in [0.15, 0.2) is 78.9 Å². The molecule has 5 rings (SSSR count). The first kappa shape index (κ1) is 21.8. The summed E-state index contributed by atoms with van der Waals surface area (Å²) in [6.07, 6.45) is 0. The molecule has 0 bridgehead atoms. The highest BCUT2D eigenvalue weighted by Crippen LogP contribution is 2.46. The summed E-state index contributed by atoms with van der Waals surface area (Å²) >= 11 is 0. The van der Waals surface area contributed by atoms with E-state index in [9.17, 15) is 34.5 Å². The molecular weight excluding hydrogens is 448 g/mol. The van der Waals surface area contributed by atoms with Crippen molar-refractivity contribution >= 4 is 23.7 Å². The van der Waals surface area contributed by atoms with Gasteiger partial charge in [-0.25, -0.2) is 14.4 Å². The average Bonchev–Trinajstić information content (AvgIpc) is 3.15. The Bertz CT molecular complexity index is 1580. The molecule has 0 atom stereocenters. The van der Waals surface area contributed by atoms with Crippen LogP contribution in [0.2, 0.25) is 0 Å².